The maximum Gasteiger partial charge on any atom is 0.0419 e. The van der Waals surface area contributed by atoms with Crippen LogP contribution in [-0.4, -0.2) is 12.6 Å². The second-order valence-electron chi connectivity index (χ2n) is 4.18. The molecule has 0 aromatic heterocycles. The zero-order valence-electron chi connectivity index (χ0n) is 8.96. The summed E-state index contributed by atoms with van der Waals surface area (Å²) in [6.07, 6.45) is 2.60. The van der Waals surface area contributed by atoms with Crippen molar-refractivity contribution in [2.75, 3.05) is 17.2 Å². The molecule has 1 aliphatic rings. The van der Waals surface area contributed by atoms with Crippen molar-refractivity contribution in [2.45, 2.75) is 32.7 Å². The Morgan fingerprint density at radius 3 is 2.86 bits per heavy atom. The van der Waals surface area contributed by atoms with Crippen molar-refractivity contribution >= 4 is 11.4 Å². The van der Waals surface area contributed by atoms with Crippen LogP contribution >= 0.6 is 0 Å². The van der Waals surface area contributed by atoms with Crippen molar-refractivity contribution < 1.29 is 0 Å². The van der Waals surface area contributed by atoms with Gasteiger partial charge in [0, 0.05) is 24.0 Å². The minimum Gasteiger partial charge on any atom is -0.398 e. The van der Waals surface area contributed by atoms with Gasteiger partial charge in [-0.3, -0.25) is 0 Å². The maximum atomic E-state index is 5.91. The molecule has 1 fully saturated rings. The molecule has 0 bridgehead atoms. The van der Waals surface area contributed by atoms with E-state index in [2.05, 4.69) is 24.8 Å². The number of nitrogens with two attached hydrogens (primary N) is 1. The number of nitrogens with zero attached hydrogens (tertiary/aromatic N) is 1. The van der Waals surface area contributed by atoms with E-state index < -0.39 is 0 Å². The lowest BCUT2D eigenvalue weighted by atomic mass is 10.1. The Labute approximate surface area is 85.7 Å². The average Bonchev–Trinajstić information content (AvgIpc) is 2.57. The second-order valence-corrected chi connectivity index (χ2v) is 4.18. The minimum atomic E-state index is 0.662. The summed E-state index contributed by atoms with van der Waals surface area (Å²) >= 11 is 0. The summed E-state index contributed by atoms with van der Waals surface area (Å²) in [5.41, 5.74) is 9.35. The van der Waals surface area contributed by atoms with Gasteiger partial charge in [0.05, 0.1) is 0 Å². The highest BCUT2D eigenvalue weighted by Crippen LogP contribution is 2.30. The van der Waals surface area contributed by atoms with Crippen LogP contribution in [0.5, 0.6) is 0 Å². The van der Waals surface area contributed by atoms with Gasteiger partial charge in [0.15, 0.2) is 0 Å². The SMILES string of the molecule is Cc1c(N)cccc1N1CCCC1C. The quantitative estimate of drug-likeness (QED) is 0.690. The number of nitrogen functional groups attached to an aromatic ring is 1. The number of rotatable bonds is 1. The van der Waals surface area contributed by atoms with E-state index in [1.54, 1.807) is 0 Å². The molecule has 2 rings (SSSR count). The predicted octanol–water partition coefficient (Wildman–Crippen LogP) is 2.57. The maximum absolute atomic E-state index is 5.91. The van der Waals surface area contributed by atoms with Gasteiger partial charge in [0.2, 0.25) is 0 Å². The lowest BCUT2D eigenvalue weighted by Crippen LogP contribution is -2.27. The van der Waals surface area contributed by atoms with E-state index in [1.807, 2.05) is 12.1 Å². The molecule has 2 heteroatoms. The molecular weight excluding hydrogens is 172 g/mol. The van der Waals surface area contributed by atoms with Crippen molar-refractivity contribution in [3.63, 3.8) is 0 Å². The van der Waals surface area contributed by atoms with E-state index in [4.69, 9.17) is 5.73 Å². The first kappa shape index (κ1) is 9.38. The molecule has 0 aliphatic carbocycles. The number of benzene rings is 1. The standard InChI is InChI=1S/C12H18N2/c1-9-5-4-8-14(9)12-7-3-6-11(13)10(12)2/h3,6-7,9H,4-5,8,13H2,1-2H3. The molecule has 1 aliphatic heterocycles. The molecule has 0 radical (unpaired) electrons. The van der Waals surface area contributed by atoms with E-state index in [9.17, 15) is 0 Å². The van der Waals surface area contributed by atoms with Gasteiger partial charge in [-0.05, 0) is 44.4 Å². The summed E-state index contributed by atoms with van der Waals surface area (Å²) in [6.45, 7) is 5.57. The summed E-state index contributed by atoms with van der Waals surface area (Å²) in [5.74, 6) is 0. The fourth-order valence-electron chi connectivity index (χ4n) is 2.24. The van der Waals surface area contributed by atoms with E-state index in [1.165, 1.54) is 30.6 Å². The van der Waals surface area contributed by atoms with Crippen molar-refractivity contribution in [2.24, 2.45) is 0 Å². The van der Waals surface area contributed by atoms with Gasteiger partial charge in [-0.15, -0.1) is 0 Å². The summed E-state index contributed by atoms with van der Waals surface area (Å²) < 4.78 is 0. The van der Waals surface area contributed by atoms with Crippen molar-refractivity contribution in [1.82, 2.24) is 0 Å². The normalized spacial score (nSPS) is 21.6. The van der Waals surface area contributed by atoms with Gasteiger partial charge in [0.25, 0.3) is 0 Å². The molecule has 2 N–H and O–H groups in total. The van der Waals surface area contributed by atoms with E-state index >= 15 is 0 Å². The molecule has 0 spiro atoms. The first-order chi connectivity index (χ1) is 6.70. The zero-order valence-corrected chi connectivity index (χ0v) is 8.96. The van der Waals surface area contributed by atoms with Gasteiger partial charge in [-0.2, -0.15) is 0 Å². The molecule has 0 saturated carbocycles. The highest BCUT2D eigenvalue weighted by molar-refractivity contribution is 5.64. The Morgan fingerprint density at radius 1 is 1.43 bits per heavy atom. The topological polar surface area (TPSA) is 29.3 Å². The summed E-state index contributed by atoms with van der Waals surface area (Å²) in [4.78, 5) is 2.46. The minimum absolute atomic E-state index is 0.662. The van der Waals surface area contributed by atoms with Gasteiger partial charge in [-0.1, -0.05) is 6.07 Å². The van der Waals surface area contributed by atoms with E-state index in [-0.39, 0.29) is 0 Å². The third-order valence-electron chi connectivity index (χ3n) is 3.21. The molecule has 1 aromatic rings. The van der Waals surface area contributed by atoms with Crippen LogP contribution < -0.4 is 10.6 Å². The highest BCUT2D eigenvalue weighted by atomic mass is 15.2. The van der Waals surface area contributed by atoms with Crippen LogP contribution in [0.25, 0.3) is 0 Å². The molecule has 1 unspecified atom stereocenters. The highest BCUT2D eigenvalue weighted by Gasteiger charge is 2.21. The molecular formula is C12H18N2. The fraction of sp³-hybridized carbons (Fsp3) is 0.500. The molecule has 1 aromatic carbocycles. The summed E-state index contributed by atoms with van der Waals surface area (Å²) in [6, 6.07) is 6.85. The molecule has 2 nitrogen and oxygen atoms in total. The molecule has 1 saturated heterocycles. The van der Waals surface area contributed by atoms with E-state index in [0.29, 0.717) is 6.04 Å². The van der Waals surface area contributed by atoms with E-state index in [0.717, 1.165) is 5.69 Å². The first-order valence-corrected chi connectivity index (χ1v) is 5.32. The third-order valence-corrected chi connectivity index (χ3v) is 3.21. The van der Waals surface area contributed by atoms with Crippen LogP contribution in [0.1, 0.15) is 25.3 Å². The average molecular weight is 190 g/mol. The summed E-state index contributed by atoms with van der Waals surface area (Å²) in [7, 11) is 0. The Balaban J connectivity index is 2.36. The van der Waals surface area contributed by atoms with Crippen molar-refractivity contribution in [3.05, 3.63) is 23.8 Å². The number of anilines is 2. The number of hydrogen-bond acceptors (Lipinski definition) is 2. The molecule has 0 amide bonds. The van der Waals surface area contributed by atoms with Gasteiger partial charge in [0.1, 0.15) is 0 Å². The number of hydrogen-bond donors (Lipinski definition) is 1. The van der Waals surface area contributed by atoms with Gasteiger partial charge < -0.3 is 10.6 Å². The molecule has 14 heavy (non-hydrogen) atoms. The van der Waals surface area contributed by atoms with Crippen molar-refractivity contribution in [1.29, 1.82) is 0 Å². The lowest BCUT2D eigenvalue weighted by Gasteiger charge is -2.26. The lowest BCUT2D eigenvalue weighted by molar-refractivity contribution is 0.733. The second kappa shape index (κ2) is 3.52. The fourth-order valence-corrected chi connectivity index (χ4v) is 2.24. The Morgan fingerprint density at radius 2 is 2.21 bits per heavy atom. The summed E-state index contributed by atoms with van der Waals surface area (Å²) in [5, 5.41) is 0. The molecule has 76 valence electrons. The van der Waals surface area contributed by atoms with Crippen LogP contribution in [-0.2, 0) is 0 Å². The van der Waals surface area contributed by atoms with Crippen LogP contribution in [0.15, 0.2) is 18.2 Å². The first-order valence-electron chi connectivity index (χ1n) is 5.32. The van der Waals surface area contributed by atoms with Crippen LogP contribution in [0, 0.1) is 6.92 Å². The Bertz CT molecular complexity index is 333. The zero-order chi connectivity index (χ0) is 10.1. The Kier molecular flexibility index (Phi) is 2.36. The van der Waals surface area contributed by atoms with Gasteiger partial charge in [-0.25, -0.2) is 0 Å². The molecule has 1 atom stereocenters. The third kappa shape index (κ3) is 1.45. The predicted molar refractivity (Wildman–Crippen MR) is 61.6 cm³/mol. The van der Waals surface area contributed by atoms with Crippen molar-refractivity contribution in [3.8, 4) is 0 Å². The van der Waals surface area contributed by atoms with Gasteiger partial charge >= 0.3 is 0 Å². The monoisotopic (exact) mass is 190 g/mol. The van der Waals surface area contributed by atoms with Crippen LogP contribution in [0.4, 0.5) is 11.4 Å². The largest absolute Gasteiger partial charge is 0.398 e. The van der Waals surface area contributed by atoms with Crippen LogP contribution in [0.3, 0.4) is 0 Å². The molecule has 1 heterocycles. The Hall–Kier alpha value is -1.18. The smallest absolute Gasteiger partial charge is 0.0419 e. The van der Waals surface area contributed by atoms with Crippen LogP contribution in [0.2, 0.25) is 0 Å².